The van der Waals surface area contributed by atoms with Crippen LogP contribution in [0.1, 0.15) is 28.8 Å². The quantitative estimate of drug-likeness (QED) is 0.623. The van der Waals surface area contributed by atoms with Gasteiger partial charge in [0.2, 0.25) is 0 Å². The second kappa shape index (κ2) is 6.05. The summed E-state index contributed by atoms with van der Waals surface area (Å²) in [4.78, 5) is 9.11. The van der Waals surface area contributed by atoms with Gasteiger partial charge in [-0.25, -0.2) is 9.97 Å². The number of anilines is 1. The molecule has 0 amide bonds. The van der Waals surface area contributed by atoms with Crippen LogP contribution in [-0.4, -0.2) is 24.1 Å². The molecule has 0 saturated carbocycles. The lowest BCUT2D eigenvalue weighted by atomic mass is 10.1. The summed E-state index contributed by atoms with van der Waals surface area (Å²) in [6.45, 7) is 3.97. The van der Waals surface area contributed by atoms with E-state index in [0.29, 0.717) is 0 Å². The molecule has 3 heterocycles. The Morgan fingerprint density at radius 2 is 1.84 bits per heavy atom. The lowest BCUT2D eigenvalue weighted by molar-refractivity contribution is 0.738. The van der Waals surface area contributed by atoms with Gasteiger partial charge in [0.25, 0.3) is 0 Å². The van der Waals surface area contributed by atoms with E-state index >= 15 is 0 Å². The molecule has 0 fully saturated rings. The van der Waals surface area contributed by atoms with E-state index in [1.54, 1.807) is 0 Å². The SMILES string of the molecule is Cc1cc(NC(c2ccccc2)c2nccn2C)n2nc(C)cc2n1. The molecule has 0 aliphatic rings. The zero-order valence-electron chi connectivity index (χ0n) is 14.5. The highest BCUT2D eigenvalue weighted by molar-refractivity contribution is 5.52. The summed E-state index contributed by atoms with van der Waals surface area (Å²) in [6.07, 6.45) is 3.77. The number of hydrogen-bond acceptors (Lipinski definition) is 4. The average Bonchev–Trinajstić information content (AvgIpc) is 3.18. The van der Waals surface area contributed by atoms with Gasteiger partial charge in [0, 0.05) is 37.3 Å². The number of fused-ring (bicyclic) bond motifs is 1. The van der Waals surface area contributed by atoms with Gasteiger partial charge in [-0.05, 0) is 19.4 Å². The third-order valence-electron chi connectivity index (χ3n) is 4.22. The van der Waals surface area contributed by atoms with Crippen molar-refractivity contribution in [2.45, 2.75) is 19.9 Å². The Morgan fingerprint density at radius 3 is 2.56 bits per heavy atom. The van der Waals surface area contributed by atoms with Gasteiger partial charge in [-0.3, -0.25) is 0 Å². The Labute approximate surface area is 146 Å². The molecule has 0 saturated heterocycles. The maximum absolute atomic E-state index is 4.57. The monoisotopic (exact) mass is 332 g/mol. The maximum atomic E-state index is 4.57. The van der Waals surface area contributed by atoms with Crippen molar-refractivity contribution in [3.05, 3.63) is 77.6 Å². The summed E-state index contributed by atoms with van der Waals surface area (Å²) in [5.74, 6) is 1.84. The number of rotatable bonds is 4. The number of benzene rings is 1. The summed E-state index contributed by atoms with van der Waals surface area (Å²) in [5.41, 5.74) is 3.87. The number of nitrogens with one attached hydrogen (secondary N) is 1. The number of hydrogen-bond donors (Lipinski definition) is 1. The summed E-state index contributed by atoms with van der Waals surface area (Å²) in [5, 5.41) is 8.18. The van der Waals surface area contributed by atoms with Gasteiger partial charge in [0.1, 0.15) is 17.7 Å². The molecule has 0 spiro atoms. The number of imidazole rings is 1. The van der Waals surface area contributed by atoms with E-state index in [0.717, 1.165) is 34.2 Å². The molecule has 6 heteroatoms. The molecule has 4 aromatic rings. The molecule has 4 rings (SSSR count). The van der Waals surface area contributed by atoms with Crippen LogP contribution < -0.4 is 5.32 Å². The lowest BCUT2D eigenvalue weighted by Crippen LogP contribution is -2.19. The van der Waals surface area contributed by atoms with Gasteiger partial charge in [-0.1, -0.05) is 30.3 Å². The van der Waals surface area contributed by atoms with Crippen molar-refractivity contribution in [2.75, 3.05) is 5.32 Å². The summed E-state index contributed by atoms with van der Waals surface area (Å²) >= 11 is 0. The standard InChI is InChI=1S/C19H20N6/c1-13-11-17(25-16(21-13)12-14(2)23-25)22-18(15-7-5-4-6-8-15)19-20-9-10-24(19)3/h4-12,18,22H,1-3H3. The van der Waals surface area contributed by atoms with Crippen molar-refractivity contribution < 1.29 is 0 Å². The van der Waals surface area contributed by atoms with Crippen molar-refractivity contribution in [3.8, 4) is 0 Å². The van der Waals surface area contributed by atoms with Crippen molar-refractivity contribution in [3.63, 3.8) is 0 Å². The van der Waals surface area contributed by atoms with Crippen LogP contribution in [-0.2, 0) is 7.05 Å². The fourth-order valence-corrected chi connectivity index (χ4v) is 3.06. The minimum absolute atomic E-state index is 0.0873. The smallest absolute Gasteiger partial charge is 0.157 e. The van der Waals surface area contributed by atoms with E-state index in [1.807, 2.05) is 72.7 Å². The van der Waals surface area contributed by atoms with Gasteiger partial charge in [0.05, 0.1) is 5.69 Å². The van der Waals surface area contributed by atoms with Crippen LogP contribution in [0.15, 0.2) is 54.9 Å². The Hall–Kier alpha value is -3.15. The molecule has 1 atom stereocenters. The molecule has 1 aromatic carbocycles. The number of nitrogens with zero attached hydrogens (tertiary/aromatic N) is 5. The highest BCUT2D eigenvalue weighted by Crippen LogP contribution is 2.26. The zero-order valence-corrected chi connectivity index (χ0v) is 14.5. The van der Waals surface area contributed by atoms with Gasteiger partial charge in [-0.15, -0.1) is 0 Å². The first-order valence-electron chi connectivity index (χ1n) is 8.24. The van der Waals surface area contributed by atoms with E-state index in [2.05, 4.69) is 32.5 Å². The van der Waals surface area contributed by atoms with Gasteiger partial charge >= 0.3 is 0 Å². The lowest BCUT2D eigenvalue weighted by Gasteiger charge is -2.21. The molecule has 0 radical (unpaired) electrons. The molecule has 0 aliphatic carbocycles. The average molecular weight is 332 g/mol. The van der Waals surface area contributed by atoms with Gasteiger partial charge in [0.15, 0.2) is 5.65 Å². The Morgan fingerprint density at radius 1 is 1.04 bits per heavy atom. The Balaban J connectivity index is 1.84. The first-order valence-corrected chi connectivity index (χ1v) is 8.24. The first kappa shape index (κ1) is 15.4. The van der Waals surface area contributed by atoms with Crippen molar-refractivity contribution >= 4 is 11.5 Å². The molecular weight excluding hydrogens is 312 g/mol. The summed E-state index contributed by atoms with van der Waals surface area (Å²) < 4.78 is 3.88. The molecule has 1 N–H and O–H groups in total. The molecule has 6 nitrogen and oxygen atoms in total. The van der Waals surface area contributed by atoms with Crippen LogP contribution >= 0.6 is 0 Å². The molecule has 0 bridgehead atoms. The van der Waals surface area contributed by atoms with Crippen molar-refractivity contribution in [1.29, 1.82) is 0 Å². The third kappa shape index (κ3) is 2.87. The predicted molar refractivity (Wildman–Crippen MR) is 97.6 cm³/mol. The van der Waals surface area contributed by atoms with E-state index in [4.69, 9.17) is 0 Å². The largest absolute Gasteiger partial charge is 0.356 e. The minimum atomic E-state index is -0.0873. The molecule has 126 valence electrons. The van der Waals surface area contributed by atoms with E-state index in [1.165, 1.54) is 0 Å². The summed E-state index contributed by atoms with van der Waals surface area (Å²) in [6, 6.07) is 14.2. The number of aromatic nitrogens is 5. The van der Waals surface area contributed by atoms with Crippen molar-refractivity contribution in [1.82, 2.24) is 24.1 Å². The van der Waals surface area contributed by atoms with Crippen LogP contribution in [0.4, 0.5) is 5.82 Å². The topological polar surface area (TPSA) is 60.0 Å². The van der Waals surface area contributed by atoms with E-state index < -0.39 is 0 Å². The van der Waals surface area contributed by atoms with Gasteiger partial charge < -0.3 is 9.88 Å². The highest BCUT2D eigenvalue weighted by Gasteiger charge is 2.20. The van der Waals surface area contributed by atoms with Crippen LogP contribution in [0.25, 0.3) is 5.65 Å². The Kier molecular flexibility index (Phi) is 3.72. The fraction of sp³-hybridized carbons (Fsp3) is 0.211. The minimum Gasteiger partial charge on any atom is -0.356 e. The second-order valence-corrected chi connectivity index (χ2v) is 6.22. The normalized spacial score (nSPS) is 12.4. The van der Waals surface area contributed by atoms with Crippen LogP contribution in [0.5, 0.6) is 0 Å². The summed E-state index contributed by atoms with van der Waals surface area (Å²) in [7, 11) is 2.01. The number of aryl methyl sites for hydroxylation is 3. The third-order valence-corrected chi connectivity index (χ3v) is 4.22. The molecule has 25 heavy (non-hydrogen) atoms. The van der Waals surface area contributed by atoms with Crippen LogP contribution in [0.2, 0.25) is 0 Å². The van der Waals surface area contributed by atoms with Crippen LogP contribution in [0, 0.1) is 13.8 Å². The van der Waals surface area contributed by atoms with Crippen LogP contribution in [0.3, 0.4) is 0 Å². The second-order valence-electron chi connectivity index (χ2n) is 6.22. The predicted octanol–water partition coefficient (Wildman–Crippen LogP) is 3.28. The fourth-order valence-electron chi connectivity index (χ4n) is 3.06. The van der Waals surface area contributed by atoms with E-state index in [-0.39, 0.29) is 6.04 Å². The molecular formula is C19H20N6. The first-order chi connectivity index (χ1) is 12.1. The van der Waals surface area contributed by atoms with Gasteiger partial charge in [-0.2, -0.15) is 9.61 Å². The zero-order chi connectivity index (χ0) is 17.4. The molecule has 3 aromatic heterocycles. The molecule has 0 aliphatic heterocycles. The Bertz CT molecular complexity index is 1020. The van der Waals surface area contributed by atoms with E-state index in [9.17, 15) is 0 Å². The van der Waals surface area contributed by atoms with Crippen molar-refractivity contribution in [2.24, 2.45) is 7.05 Å². The highest BCUT2D eigenvalue weighted by atomic mass is 15.3. The maximum Gasteiger partial charge on any atom is 0.157 e. The molecule has 1 unspecified atom stereocenters.